The van der Waals surface area contributed by atoms with E-state index in [2.05, 4.69) is 0 Å². The van der Waals surface area contributed by atoms with Crippen LogP contribution < -0.4 is 0 Å². The monoisotopic (exact) mass is 162 g/mol. The van der Waals surface area contributed by atoms with Gasteiger partial charge in [-0.15, -0.1) is 0 Å². The Kier molecular flexibility index (Phi) is 16.7. The first-order valence-corrected chi connectivity index (χ1v) is 6.89. The molecule has 0 aliphatic carbocycles. The molecule has 0 N–H and O–H groups in total. The lowest BCUT2D eigenvalue weighted by atomic mass is 11.0. The van der Waals surface area contributed by atoms with Crippen LogP contribution in [-0.4, -0.2) is 11.4 Å². The molecule has 4 heteroatoms. The fraction of sp³-hybridized carbons (Fsp3) is 1.00. The number of hydrogen-bond acceptors (Lipinski definition) is 0. The topological polar surface area (TPSA) is 0 Å². The van der Waals surface area contributed by atoms with Gasteiger partial charge < -0.3 is 0 Å². The molecule has 0 aromatic heterocycles. The zero-order valence-electron chi connectivity index (χ0n) is 3.71. The van der Waals surface area contributed by atoms with Crippen LogP contribution in [0.25, 0.3) is 0 Å². The zero-order chi connectivity index (χ0) is 5.58. The quantitative estimate of drug-likeness (QED) is 0.482. The average molecular weight is 163 g/mol. The summed E-state index contributed by atoms with van der Waals surface area (Å²) in [4.78, 5) is 0. The van der Waals surface area contributed by atoms with Gasteiger partial charge in [-0.3, -0.25) is 0 Å². The van der Waals surface area contributed by atoms with Gasteiger partial charge in [0.1, 0.15) is 0 Å². The highest BCUT2D eigenvalue weighted by molar-refractivity contribution is 7.54. The van der Waals surface area contributed by atoms with Crippen molar-refractivity contribution in [3.05, 3.63) is 0 Å². The fourth-order valence-electron chi connectivity index (χ4n) is 0. The molecule has 0 aromatic rings. The number of halogens is 3. The lowest BCUT2D eigenvalue weighted by Gasteiger charge is -1.57. The van der Waals surface area contributed by atoms with Crippen LogP contribution in [0.4, 0.5) is 0 Å². The molecule has 0 radical (unpaired) electrons. The maximum absolute atomic E-state index is 4.94. The third-order valence-corrected chi connectivity index (χ3v) is 0. The molecule has 0 saturated carbocycles. The van der Waals surface area contributed by atoms with Crippen molar-refractivity contribution in [3.8, 4) is 0 Å². The molecule has 38 valence electrons. The van der Waals surface area contributed by atoms with Crippen molar-refractivity contribution in [1.82, 2.24) is 0 Å². The van der Waals surface area contributed by atoms with Crippen molar-refractivity contribution in [2.24, 2.45) is 0 Å². The van der Waals surface area contributed by atoms with Crippen molar-refractivity contribution in [1.29, 1.82) is 0 Å². The molecule has 0 rings (SSSR count). The molecular formula is C2H6AlCl3. The lowest BCUT2D eigenvalue weighted by Crippen LogP contribution is -1.66. The minimum atomic E-state index is -1.72. The van der Waals surface area contributed by atoms with Crippen LogP contribution in [0.1, 0.15) is 13.8 Å². The summed E-state index contributed by atoms with van der Waals surface area (Å²) in [5, 5.41) is 0. The molecule has 0 bridgehead atoms. The van der Waals surface area contributed by atoms with Crippen LogP contribution in [-0.2, 0) is 0 Å². The molecular weight excluding hydrogens is 157 g/mol. The summed E-state index contributed by atoms with van der Waals surface area (Å²) in [5.41, 5.74) is 0. The van der Waals surface area contributed by atoms with Gasteiger partial charge in [-0.25, -0.2) is 30.1 Å². The fourth-order valence-corrected chi connectivity index (χ4v) is 0. The number of rotatable bonds is 0. The van der Waals surface area contributed by atoms with Crippen LogP contribution in [0.5, 0.6) is 0 Å². The van der Waals surface area contributed by atoms with E-state index >= 15 is 0 Å². The highest BCUT2D eigenvalue weighted by Gasteiger charge is 2.00. The largest absolute Gasteiger partial charge is 0.643 e. The van der Waals surface area contributed by atoms with Gasteiger partial charge in [-0.1, -0.05) is 13.8 Å². The van der Waals surface area contributed by atoms with Crippen LogP contribution in [0.15, 0.2) is 0 Å². The van der Waals surface area contributed by atoms with Gasteiger partial charge in [-0.05, 0) is 0 Å². The molecule has 0 amide bonds. The van der Waals surface area contributed by atoms with Crippen molar-refractivity contribution in [3.63, 3.8) is 0 Å². The highest BCUT2D eigenvalue weighted by Crippen LogP contribution is 1.97. The zero-order valence-corrected chi connectivity index (χ0v) is 7.13. The Morgan fingerprint density at radius 2 is 1.00 bits per heavy atom. The second kappa shape index (κ2) is 9.64. The molecule has 0 aliphatic rings. The first kappa shape index (κ1) is 10.4. The summed E-state index contributed by atoms with van der Waals surface area (Å²) in [6.07, 6.45) is 0. The maximum Gasteiger partial charge on any atom is 0.643 e. The standard InChI is InChI=1S/C2H6.Al.3ClH/c1-2;;;;/h1-2H3;;3*1H/q;+3;;;/p-3. The summed E-state index contributed by atoms with van der Waals surface area (Å²) < 4.78 is 0. The molecule has 0 fully saturated rings. The van der Waals surface area contributed by atoms with Crippen LogP contribution in [0.3, 0.4) is 0 Å². The Hall–Kier alpha value is 1.40. The third-order valence-electron chi connectivity index (χ3n) is 0. The highest BCUT2D eigenvalue weighted by atomic mass is 35.8. The van der Waals surface area contributed by atoms with Gasteiger partial charge in [-0.2, -0.15) is 0 Å². The minimum Gasteiger partial charge on any atom is -0.214 e. The molecule has 6 heavy (non-hydrogen) atoms. The van der Waals surface area contributed by atoms with Crippen molar-refractivity contribution >= 4 is 41.5 Å². The van der Waals surface area contributed by atoms with Crippen molar-refractivity contribution in [2.45, 2.75) is 13.8 Å². The first-order chi connectivity index (χ1) is 2.73. The van der Waals surface area contributed by atoms with Gasteiger partial charge in [0.15, 0.2) is 0 Å². The normalized spacial score (nSPS) is 5.50. The van der Waals surface area contributed by atoms with Crippen LogP contribution in [0.2, 0.25) is 0 Å². The molecule has 0 aromatic carbocycles. The van der Waals surface area contributed by atoms with Gasteiger partial charge >= 0.3 is 11.4 Å². The van der Waals surface area contributed by atoms with E-state index in [1.807, 2.05) is 13.8 Å². The SMILES string of the molecule is CC.[Cl][Al]([Cl])[Cl]. The molecule has 0 nitrogen and oxygen atoms in total. The Labute approximate surface area is 55.4 Å². The molecule has 0 unspecified atom stereocenters. The lowest BCUT2D eigenvalue weighted by molar-refractivity contribution is 1.50. The molecule has 0 spiro atoms. The molecule has 0 atom stereocenters. The second-order valence-corrected chi connectivity index (χ2v) is 6.68. The summed E-state index contributed by atoms with van der Waals surface area (Å²) in [6.45, 7) is 4.00. The number of hydrogen-bond donors (Lipinski definition) is 0. The predicted molar refractivity (Wildman–Crippen MR) is 34.7 cm³/mol. The second-order valence-electron chi connectivity index (χ2n) is 0.247. The van der Waals surface area contributed by atoms with Crippen LogP contribution >= 0.6 is 30.1 Å². The van der Waals surface area contributed by atoms with Gasteiger partial charge in [0.05, 0.1) is 0 Å². The molecule has 0 saturated heterocycles. The maximum atomic E-state index is 4.94. The predicted octanol–water partition coefficient (Wildman–Crippen LogP) is 2.71. The third kappa shape index (κ3) is 53.2. The molecule has 0 heterocycles. The van der Waals surface area contributed by atoms with E-state index in [0.29, 0.717) is 0 Å². The van der Waals surface area contributed by atoms with E-state index in [1.165, 1.54) is 0 Å². The van der Waals surface area contributed by atoms with E-state index in [4.69, 9.17) is 30.1 Å². The Balaban J connectivity index is 0. The van der Waals surface area contributed by atoms with Crippen molar-refractivity contribution < 1.29 is 0 Å². The first-order valence-electron chi connectivity index (χ1n) is 1.65. The van der Waals surface area contributed by atoms with Gasteiger partial charge in [0.25, 0.3) is 0 Å². The smallest absolute Gasteiger partial charge is 0.214 e. The van der Waals surface area contributed by atoms with Gasteiger partial charge in [0.2, 0.25) is 0 Å². The Bertz CT molecular complexity index is 13.5. The van der Waals surface area contributed by atoms with Gasteiger partial charge in [0, 0.05) is 0 Å². The van der Waals surface area contributed by atoms with E-state index in [9.17, 15) is 0 Å². The molecule has 0 aliphatic heterocycles. The van der Waals surface area contributed by atoms with E-state index in [-0.39, 0.29) is 0 Å². The minimum absolute atomic E-state index is 1.72. The Morgan fingerprint density at radius 1 is 1.00 bits per heavy atom. The van der Waals surface area contributed by atoms with E-state index in [0.717, 1.165) is 0 Å². The Morgan fingerprint density at radius 3 is 1.00 bits per heavy atom. The summed E-state index contributed by atoms with van der Waals surface area (Å²) in [7, 11) is 14.8. The average Bonchev–Trinajstić information content (AvgIpc) is 1.41. The van der Waals surface area contributed by atoms with Crippen LogP contribution in [0, 0.1) is 0 Å². The van der Waals surface area contributed by atoms with E-state index < -0.39 is 11.4 Å². The van der Waals surface area contributed by atoms with Crippen molar-refractivity contribution in [2.75, 3.05) is 0 Å². The summed E-state index contributed by atoms with van der Waals surface area (Å²) >= 11 is -1.72. The summed E-state index contributed by atoms with van der Waals surface area (Å²) in [6, 6.07) is 0. The summed E-state index contributed by atoms with van der Waals surface area (Å²) in [5.74, 6) is 0. The van der Waals surface area contributed by atoms with E-state index in [1.54, 1.807) is 0 Å².